The summed E-state index contributed by atoms with van der Waals surface area (Å²) in [5, 5.41) is 28.3. The number of nitrogens with zero attached hydrogens (tertiary/aromatic N) is 1. The molecule has 0 aliphatic carbocycles. The highest BCUT2D eigenvalue weighted by Gasteiger charge is 2.38. The van der Waals surface area contributed by atoms with E-state index >= 15 is 0 Å². The maximum Gasteiger partial charge on any atom is 0.408 e. The monoisotopic (exact) mass is 549 g/mol. The molecule has 3 rings (SSSR count). The standard InChI is InChI=1S/C31H39N3O6/c1-19(2)25(33-30(39)40-31(4,5)6)29(38)34(16-17-35)26(24-13-9-10-20(3)27(24)36)28(37)32-23-15-14-21-11-7-8-12-22(21)18-23/h7-15,18-19,25-26,35-36H,16-17H2,1-6H3,(H,32,37)(H,33,39). The van der Waals surface area contributed by atoms with E-state index in [9.17, 15) is 24.6 Å². The first-order valence-corrected chi connectivity index (χ1v) is 13.3. The number of ether oxygens (including phenoxy) is 1. The van der Waals surface area contributed by atoms with Crippen LogP contribution in [0.5, 0.6) is 5.75 Å². The van der Waals surface area contributed by atoms with Crippen molar-refractivity contribution >= 4 is 34.4 Å². The van der Waals surface area contributed by atoms with Crippen LogP contribution in [-0.4, -0.2) is 57.8 Å². The Morgan fingerprint density at radius 1 is 0.975 bits per heavy atom. The summed E-state index contributed by atoms with van der Waals surface area (Å²) in [5.41, 5.74) is 0.434. The lowest BCUT2D eigenvalue weighted by Gasteiger charge is -2.35. The average molecular weight is 550 g/mol. The molecule has 0 fully saturated rings. The van der Waals surface area contributed by atoms with Gasteiger partial charge in [-0.05, 0) is 62.1 Å². The predicted octanol–water partition coefficient (Wildman–Crippen LogP) is 4.90. The number of amides is 3. The number of carbonyl (C=O) groups is 3. The number of aliphatic hydroxyl groups excluding tert-OH is 1. The molecule has 9 nitrogen and oxygen atoms in total. The number of carbonyl (C=O) groups excluding carboxylic acids is 3. The number of aryl methyl sites for hydroxylation is 1. The number of para-hydroxylation sites is 1. The number of nitrogens with one attached hydrogen (secondary N) is 2. The van der Waals surface area contributed by atoms with Crippen LogP contribution >= 0.6 is 0 Å². The van der Waals surface area contributed by atoms with Crippen molar-refractivity contribution in [2.45, 2.75) is 59.2 Å². The number of hydrogen-bond acceptors (Lipinski definition) is 6. The van der Waals surface area contributed by atoms with E-state index in [1.165, 1.54) is 4.90 Å². The van der Waals surface area contributed by atoms with Gasteiger partial charge in [0.25, 0.3) is 5.91 Å². The Bertz CT molecular complexity index is 1360. The first-order valence-electron chi connectivity index (χ1n) is 13.3. The number of anilines is 1. The van der Waals surface area contributed by atoms with Gasteiger partial charge in [-0.2, -0.15) is 0 Å². The lowest BCUT2D eigenvalue weighted by molar-refractivity contribution is -0.142. The summed E-state index contributed by atoms with van der Waals surface area (Å²) in [7, 11) is 0. The van der Waals surface area contributed by atoms with Crippen LogP contribution < -0.4 is 10.6 Å². The van der Waals surface area contributed by atoms with Crippen molar-refractivity contribution in [2.75, 3.05) is 18.5 Å². The third-order valence-corrected chi connectivity index (χ3v) is 6.37. The molecule has 0 saturated carbocycles. The van der Waals surface area contributed by atoms with Gasteiger partial charge in [0.2, 0.25) is 5.91 Å². The maximum absolute atomic E-state index is 14.0. The van der Waals surface area contributed by atoms with Gasteiger partial charge in [-0.3, -0.25) is 9.59 Å². The number of benzene rings is 3. The second-order valence-corrected chi connectivity index (χ2v) is 11.1. The lowest BCUT2D eigenvalue weighted by atomic mass is 9.97. The van der Waals surface area contributed by atoms with Crippen LogP contribution in [0, 0.1) is 12.8 Å². The summed E-state index contributed by atoms with van der Waals surface area (Å²) in [4.78, 5) is 41.7. The fourth-order valence-corrected chi connectivity index (χ4v) is 4.43. The second-order valence-electron chi connectivity index (χ2n) is 11.1. The molecule has 0 radical (unpaired) electrons. The molecule has 0 bridgehead atoms. The van der Waals surface area contributed by atoms with Gasteiger partial charge in [0, 0.05) is 17.8 Å². The Balaban J connectivity index is 2.04. The number of hydrogen-bond donors (Lipinski definition) is 4. The summed E-state index contributed by atoms with van der Waals surface area (Å²) in [5.74, 6) is -1.71. The molecular weight excluding hydrogens is 510 g/mol. The Labute approximate surface area is 235 Å². The number of alkyl carbamates (subject to hydrolysis) is 1. The Morgan fingerprint density at radius 3 is 2.27 bits per heavy atom. The summed E-state index contributed by atoms with van der Waals surface area (Å²) in [6, 6.07) is 15.7. The molecule has 4 N–H and O–H groups in total. The third kappa shape index (κ3) is 7.51. The van der Waals surface area contributed by atoms with E-state index in [1.54, 1.807) is 65.8 Å². The largest absolute Gasteiger partial charge is 0.507 e. The SMILES string of the molecule is Cc1cccc(C(C(=O)Nc2ccc3ccccc3c2)N(CCO)C(=O)C(NC(=O)OC(C)(C)C)C(C)C)c1O. The van der Waals surface area contributed by atoms with Gasteiger partial charge in [-0.1, -0.05) is 62.4 Å². The first kappa shape index (κ1) is 30.4. The van der Waals surface area contributed by atoms with E-state index in [1.807, 2.05) is 36.4 Å². The van der Waals surface area contributed by atoms with E-state index in [-0.39, 0.29) is 23.8 Å². The smallest absolute Gasteiger partial charge is 0.408 e. The number of aromatic hydroxyl groups is 1. The van der Waals surface area contributed by atoms with Crippen LogP contribution in [0.1, 0.15) is 51.8 Å². The van der Waals surface area contributed by atoms with Crippen LogP contribution in [0.4, 0.5) is 10.5 Å². The third-order valence-electron chi connectivity index (χ3n) is 6.37. The number of rotatable bonds is 9. The molecule has 2 unspecified atom stereocenters. The van der Waals surface area contributed by atoms with Crippen molar-refractivity contribution in [1.29, 1.82) is 0 Å². The van der Waals surface area contributed by atoms with Gasteiger partial charge in [0.15, 0.2) is 0 Å². The normalized spacial score (nSPS) is 13.0. The van der Waals surface area contributed by atoms with E-state index in [0.717, 1.165) is 10.8 Å². The Hall–Kier alpha value is -4.11. The average Bonchev–Trinajstić information content (AvgIpc) is 2.87. The van der Waals surface area contributed by atoms with Gasteiger partial charge in [-0.15, -0.1) is 0 Å². The lowest BCUT2D eigenvalue weighted by Crippen LogP contribution is -2.55. The van der Waals surface area contributed by atoms with Crippen LogP contribution in [0.2, 0.25) is 0 Å². The van der Waals surface area contributed by atoms with Crippen molar-refractivity contribution < 1.29 is 29.3 Å². The van der Waals surface area contributed by atoms with Crippen LogP contribution in [0.3, 0.4) is 0 Å². The van der Waals surface area contributed by atoms with Crippen molar-refractivity contribution in [3.63, 3.8) is 0 Å². The molecular formula is C31H39N3O6. The highest BCUT2D eigenvalue weighted by molar-refractivity contribution is 6.00. The molecule has 3 amide bonds. The molecule has 2 atom stereocenters. The molecule has 0 aliphatic rings. The molecule has 3 aromatic rings. The molecule has 0 saturated heterocycles. The van der Waals surface area contributed by atoms with Crippen LogP contribution in [-0.2, 0) is 14.3 Å². The van der Waals surface area contributed by atoms with E-state index < -0.39 is 42.2 Å². The van der Waals surface area contributed by atoms with Crippen molar-refractivity contribution in [2.24, 2.45) is 5.92 Å². The Kier molecular flexibility index (Phi) is 9.76. The van der Waals surface area contributed by atoms with Crippen molar-refractivity contribution in [3.8, 4) is 5.75 Å². The number of phenolic OH excluding ortho intramolecular Hbond substituents is 1. The molecule has 214 valence electrons. The van der Waals surface area contributed by atoms with Crippen molar-refractivity contribution in [3.05, 3.63) is 71.8 Å². The molecule has 0 heterocycles. The minimum Gasteiger partial charge on any atom is -0.507 e. The quantitative estimate of drug-likeness (QED) is 0.301. The van der Waals surface area contributed by atoms with Gasteiger partial charge >= 0.3 is 6.09 Å². The highest BCUT2D eigenvalue weighted by Crippen LogP contribution is 2.33. The second kappa shape index (κ2) is 12.8. The summed E-state index contributed by atoms with van der Waals surface area (Å²) in [6.45, 7) is 9.67. The molecule has 0 aromatic heterocycles. The molecule has 0 spiro atoms. The first-order chi connectivity index (χ1) is 18.8. The van der Waals surface area contributed by atoms with E-state index in [4.69, 9.17) is 4.74 Å². The zero-order valence-electron chi connectivity index (χ0n) is 23.9. The van der Waals surface area contributed by atoms with E-state index in [0.29, 0.717) is 11.3 Å². The fraction of sp³-hybridized carbons (Fsp3) is 0.387. The topological polar surface area (TPSA) is 128 Å². The predicted molar refractivity (Wildman–Crippen MR) is 155 cm³/mol. The fourth-order valence-electron chi connectivity index (χ4n) is 4.43. The van der Waals surface area contributed by atoms with Crippen LogP contribution in [0.25, 0.3) is 10.8 Å². The van der Waals surface area contributed by atoms with E-state index in [2.05, 4.69) is 10.6 Å². The number of aliphatic hydroxyl groups is 1. The summed E-state index contributed by atoms with van der Waals surface area (Å²) >= 11 is 0. The zero-order chi connectivity index (χ0) is 29.6. The summed E-state index contributed by atoms with van der Waals surface area (Å²) in [6.07, 6.45) is -0.779. The number of fused-ring (bicyclic) bond motifs is 1. The summed E-state index contributed by atoms with van der Waals surface area (Å²) < 4.78 is 5.36. The molecule has 0 aliphatic heterocycles. The van der Waals surface area contributed by atoms with Gasteiger partial charge < -0.3 is 30.5 Å². The minimum absolute atomic E-state index is 0.141. The van der Waals surface area contributed by atoms with Crippen molar-refractivity contribution in [1.82, 2.24) is 10.2 Å². The van der Waals surface area contributed by atoms with Gasteiger partial charge in [-0.25, -0.2) is 4.79 Å². The minimum atomic E-state index is -1.31. The highest BCUT2D eigenvalue weighted by atomic mass is 16.6. The molecule has 3 aromatic carbocycles. The molecule has 9 heteroatoms. The Morgan fingerprint density at radius 2 is 1.65 bits per heavy atom. The molecule has 40 heavy (non-hydrogen) atoms. The van der Waals surface area contributed by atoms with Gasteiger partial charge in [0.1, 0.15) is 23.4 Å². The number of phenols is 1. The maximum atomic E-state index is 14.0. The zero-order valence-corrected chi connectivity index (χ0v) is 23.9. The van der Waals surface area contributed by atoms with Crippen LogP contribution in [0.15, 0.2) is 60.7 Å². The van der Waals surface area contributed by atoms with Gasteiger partial charge in [0.05, 0.1) is 6.61 Å².